The Bertz CT molecular complexity index is 11.6. The van der Waals surface area contributed by atoms with Crippen LogP contribution in [0.15, 0.2) is 0 Å². The molecule has 0 spiro atoms. The third-order valence-corrected chi connectivity index (χ3v) is 0. The van der Waals surface area contributed by atoms with Gasteiger partial charge in [0.25, 0.3) is 0 Å². The van der Waals surface area contributed by atoms with Crippen molar-refractivity contribution in [1.82, 2.24) is 0 Å². The Labute approximate surface area is 54.9 Å². The molecule has 0 saturated carbocycles. The van der Waals surface area contributed by atoms with Crippen molar-refractivity contribution >= 4 is 17.4 Å². The topological polar surface area (TPSA) is 17.1 Å². The third-order valence-electron chi connectivity index (χ3n) is 0. The van der Waals surface area contributed by atoms with Crippen molar-refractivity contribution in [3.8, 4) is 0 Å². The van der Waals surface area contributed by atoms with E-state index in [-0.39, 0.29) is 35.6 Å². The average molecular weight is 165 g/mol. The van der Waals surface area contributed by atoms with Gasteiger partial charge in [0, 0.05) is 16.8 Å². The van der Waals surface area contributed by atoms with Crippen LogP contribution in [0, 0.1) is 0 Å². The molecule has 4 heavy (non-hydrogen) atoms. The summed E-state index contributed by atoms with van der Waals surface area (Å²) in [5, 5.41) is 0. The molecule has 1 nitrogen and oxygen atoms in total. The first-order valence-electron chi connectivity index (χ1n) is 0.129. The van der Waals surface area contributed by atoms with Gasteiger partial charge in [-0.25, -0.2) is 0 Å². The Morgan fingerprint density at radius 3 is 1.50 bits per heavy atom. The number of hydrogen-bond acceptors (Lipinski definition) is 1. The summed E-state index contributed by atoms with van der Waals surface area (Å²) in [6.07, 6.45) is 0. The van der Waals surface area contributed by atoms with Crippen LogP contribution in [0.4, 0.5) is 0 Å². The van der Waals surface area contributed by atoms with Gasteiger partial charge in [-0.1, -0.05) is 0 Å². The molecule has 0 unspecified atom stereocenters. The molecule has 0 amide bonds. The van der Waals surface area contributed by atoms with Gasteiger partial charge in [-0.2, -0.15) is 0 Å². The Morgan fingerprint density at radius 2 is 1.50 bits per heavy atom. The van der Waals surface area contributed by atoms with Gasteiger partial charge in [0.15, 0.2) is 17.4 Å². The molecule has 0 aromatic carbocycles. The normalized spacial score (nSPS) is 1.50. The Kier molecular flexibility index (Phi) is 125. The van der Waals surface area contributed by atoms with Gasteiger partial charge in [-0.05, 0) is 0 Å². The van der Waals surface area contributed by atoms with Crippen LogP contribution in [0.3, 0.4) is 0 Å². The van der Waals surface area contributed by atoms with E-state index in [9.17, 15) is 0 Å². The summed E-state index contributed by atoms with van der Waals surface area (Å²) in [4.78, 5) is 0. The molecule has 0 N–H and O–H groups in total. The van der Waals surface area contributed by atoms with E-state index in [1.54, 1.807) is 0 Å². The van der Waals surface area contributed by atoms with E-state index in [0.29, 0.717) is 0 Å². The fraction of sp³-hybridized carbons (Fsp3) is 0. The van der Waals surface area contributed by atoms with Crippen molar-refractivity contribution in [2.24, 2.45) is 0 Å². The molecule has 0 aromatic rings. The Balaban J connectivity index is -0.00000000167. The van der Waals surface area contributed by atoms with Gasteiger partial charge in [0.05, 0.1) is 0 Å². The molecule has 4 heteroatoms. The fourth-order valence-electron chi connectivity index (χ4n) is 0. The van der Waals surface area contributed by atoms with Crippen LogP contribution in [0.2, 0.25) is 0 Å². The van der Waals surface area contributed by atoms with E-state index >= 15 is 0 Å². The van der Waals surface area contributed by atoms with Gasteiger partial charge >= 0.3 is 20.7 Å². The third kappa shape index (κ3) is 10.2. The molecule has 0 atom stereocenters. The van der Waals surface area contributed by atoms with Crippen LogP contribution in [0.1, 0.15) is 1.43 Å². The van der Waals surface area contributed by atoms with Gasteiger partial charge in [0.2, 0.25) is 0 Å². The van der Waals surface area contributed by atoms with E-state index in [4.69, 9.17) is 3.90 Å². The molecule has 0 saturated heterocycles. The summed E-state index contributed by atoms with van der Waals surface area (Å²) in [5.74, 6) is 0. The summed E-state index contributed by atoms with van der Waals surface area (Å²) in [7, 11) is 0. The van der Waals surface area contributed by atoms with Gasteiger partial charge in [0.1, 0.15) is 0 Å². The molecule has 0 aliphatic carbocycles. The molecule has 0 rings (SSSR count). The van der Waals surface area contributed by atoms with Crippen molar-refractivity contribution in [1.29, 1.82) is 0 Å². The zero-order chi connectivity index (χ0) is 2.00. The van der Waals surface area contributed by atoms with Crippen molar-refractivity contribution in [2.45, 2.75) is 0 Å². The van der Waals surface area contributed by atoms with Crippen LogP contribution in [-0.4, -0.2) is 17.4 Å². The first-order valence-corrected chi connectivity index (χ1v) is 0.532. The van der Waals surface area contributed by atoms with Crippen LogP contribution in [0.25, 0.3) is 0 Å². The summed E-state index contributed by atoms with van der Waals surface area (Å²) in [5.41, 5.74) is 0. The number of hydrogen-bond donors (Lipinski definition) is 0. The first kappa shape index (κ1) is 18.4. The number of rotatable bonds is 0. The van der Waals surface area contributed by atoms with E-state index in [1.165, 1.54) is 0 Å². The second kappa shape index (κ2) is 27.1. The van der Waals surface area contributed by atoms with Crippen molar-refractivity contribution in [2.75, 3.05) is 0 Å². The predicted molar refractivity (Wildman–Crippen MR) is 11.7 cm³/mol. The van der Waals surface area contributed by atoms with Crippen molar-refractivity contribution in [3.63, 3.8) is 0 Å². The van der Waals surface area contributed by atoms with Crippen molar-refractivity contribution < 1.29 is 37.5 Å². The second-order valence-electron chi connectivity index (χ2n) is 0. The molecule has 0 aromatic heterocycles. The second-order valence-corrected chi connectivity index (χ2v) is 0. The Hall–Kier alpha value is 1.33. The van der Waals surface area contributed by atoms with Gasteiger partial charge in [-0.3, -0.25) is 0 Å². The summed E-state index contributed by atoms with van der Waals surface area (Å²) < 4.78 is 7.88. The zero-order valence-corrected chi connectivity index (χ0v) is 3.09. The summed E-state index contributed by atoms with van der Waals surface area (Å²) in [6.45, 7) is 0. The maximum atomic E-state index is 7.88. The molecule has 0 heterocycles. The summed E-state index contributed by atoms with van der Waals surface area (Å²) >= 11 is 2.62. The standard InChI is InChI=1S/Al.Co.Ni.O.3H/p+1. The van der Waals surface area contributed by atoms with Gasteiger partial charge in [-0.15, -0.1) is 0 Å². The first-order chi connectivity index (χ1) is 1.00. The average Bonchev–Trinajstić information content (AvgIpc) is 1.00. The summed E-state index contributed by atoms with van der Waals surface area (Å²) in [6, 6.07) is 0. The molecule has 0 aliphatic rings. The zero-order valence-electron chi connectivity index (χ0n) is 2.06. The van der Waals surface area contributed by atoms with Crippen LogP contribution in [0.5, 0.6) is 0 Å². The molecule has 1 radical (unpaired) electrons. The van der Waals surface area contributed by atoms with Crippen LogP contribution < -0.4 is 0 Å². The molecule has 0 fully saturated rings. The maximum absolute atomic E-state index is 7.88. The Morgan fingerprint density at radius 1 is 1.50 bits per heavy atom. The fourth-order valence-corrected chi connectivity index (χ4v) is 0. The van der Waals surface area contributed by atoms with Crippen LogP contribution in [-0.2, 0) is 36.1 Å². The van der Waals surface area contributed by atoms with Gasteiger partial charge < -0.3 is 0 Å². The quantitative estimate of drug-likeness (QED) is 0.412. The monoisotopic (exact) mass is 164 g/mol. The van der Waals surface area contributed by atoms with E-state index in [2.05, 4.69) is 15.4 Å². The van der Waals surface area contributed by atoms with Crippen LogP contribution >= 0.6 is 0 Å². The molecule has 0 bridgehead atoms. The SMILES string of the molecule is [AlH3].[Co].[H+].[O]=[Ni]. The van der Waals surface area contributed by atoms with E-state index in [0.717, 1.165) is 0 Å². The predicted octanol–water partition coefficient (Wildman–Crippen LogP) is -1.20. The molecule has 0 aliphatic heterocycles. The molecular formula is H4AlCoNiO+. The molecule has 31 valence electrons. The minimum atomic E-state index is 0. The molecular weight excluding hydrogens is 161 g/mol. The van der Waals surface area contributed by atoms with E-state index in [1.807, 2.05) is 0 Å². The van der Waals surface area contributed by atoms with E-state index < -0.39 is 0 Å². The minimum absolute atomic E-state index is 0. The van der Waals surface area contributed by atoms with Crippen molar-refractivity contribution in [3.05, 3.63) is 0 Å².